The van der Waals surface area contributed by atoms with Gasteiger partial charge in [0.05, 0.1) is 23.4 Å². The second kappa shape index (κ2) is 15.6. The van der Waals surface area contributed by atoms with Crippen molar-refractivity contribution in [2.24, 2.45) is 9.98 Å². The topological polar surface area (TPSA) is 91.2 Å². The molecular formula is C35H31BrClN3NiO3. The van der Waals surface area contributed by atoms with Crippen LogP contribution in [0.1, 0.15) is 47.9 Å². The van der Waals surface area contributed by atoms with Crippen LogP contribution in [0.15, 0.2) is 118 Å². The summed E-state index contributed by atoms with van der Waals surface area (Å²) in [5.41, 5.74) is 3.89. The Bertz CT molecular complexity index is 1640. The first-order chi connectivity index (χ1) is 20.8. The van der Waals surface area contributed by atoms with Gasteiger partial charge in [0, 0.05) is 39.1 Å². The smallest absolute Gasteiger partial charge is 0.861 e. The van der Waals surface area contributed by atoms with Crippen molar-refractivity contribution >= 4 is 50.8 Å². The summed E-state index contributed by atoms with van der Waals surface area (Å²) in [6.07, 6.45) is 1.65. The number of carbonyl (C=O) groups is 1. The van der Waals surface area contributed by atoms with E-state index in [0.717, 1.165) is 29.4 Å². The number of hydrogen-bond donors (Lipinski definition) is 0. The molecule has 1 aliphatic rings. The molecular weight excluding hydrogens is 684 g/mol. The van der Waals surface area contributed by atoms with Gasteiger partial charge in [0.25, 0.3) is 0 Å². The van der Waals surface area contributed by atoms with E-state index in [1.165, 1.54) is 0 Å². The van der Waals surface area contributed by atoms with Gasteiger partial charge in [-0.2, -0.15) is 0 Å². The molecule has 1 heterocycles. The fourth-order valence-electron chi connectivity index (χ4n) is 5.51. The summed E-state index contributed by atoms with van der Waals surface area (Å²) in [5, 5.41) is 26.7. The van der Waals surface area contributed by atoms with Gasteiger partial charge in [-0.25, -0.2) is 0 Å². The van der Waals surface area contributed by atoms with Crippen molar-refractivity contribution in [2.45, 2.75) is 44.3 Å². The molecule has 0 saturated carbocycles. The molecule has 9 heteroatoms. The van der Waals surface area contributed by atoms with Crippen molar-refractivity contribution in [1.29, 1.82) is 0 Å². The third-order valence-corrected chi connectivity index (χ3v) is 8.58. The number of benzene rings is 4. The van der Waals surface area contributed by atoms with Gasteiger partial charge in [-0.1, -0.05) is 113 Å². The molecule has 0 radical (unpaired) electrons. The van der Waals surface area contributed by atoms with E-state index < -0.39 is 17.9 Å². The molecule has 5 rings (SSSR count). The maximum atomic E-state index is 13.6. The first-order valence-corrected chi connectivity index (χ1v) is 15.4. The zero-order valence-corrected chi connectivity index (χ0v) is 27.3. The summed E-state index contributed by atoms with van der Waals surface area (Å²) in [5.74, 6) is -2.16. The number of aliphatic imine (C=N–C) groups is 2. The Kier molecular flexibility index (Phi) is 11.9. The number of carboxylic acid groups (broad SMARTS) is 1. The van der Waals surface area contributed by atoms with Crippen LogP contribution < -0.4 is 10.2 Å². The summed E-state index contributed by atoms with van der Waals surface area (Å²) in [7, 11) is 0. The standard InChI is InChI=1S/C35H33BrClN3O3.Ni/c1-23(28-21-26(36)18-19-29(28)37)32(35(42)43)39-33(25-13-6-3-7-14-25)27-15-8-9-16-30(27)38-34(41)31-17-10-20-40(31)22-24-11-4-2-5-12-24;/h2-9,11-16,18-19,21,23,31-32H,10,17,20,22H2,1H3,(H,38,41)(H,42,43);/q;+2/p-2/t23?,31-,32-;/m0./s1. The van der Waals surface area contributed by atoms with Crippen molar-refractivity contribution in [3.63, 3.8) is 0 Å². The number of nitrogens with zero attached hydrogens (tertiary/aromatic N) is 3. The Morgan fingerprint density at radius 3 is 2.34 bits per heavy atom. The molecule has 1 aliphatic heterocycles. The van der Waals surface area contributed by atoms with Crippen LogP contribution in [0.25, 0.3) is 0 Å². The van der Waals surface area contributed by atoms with Gasteiger partial charge in [0.2, 0.25) is 0 Å². The van der Waals surface area contributed by atoms with Gasteiger partial charge in [0.15, 0.2) is 0 Å². The van der Waals surface area contributed by atoms with Crippen molar-refractivity contribution in [3.05, 3.63) is 135 Å². The van der Waals surface area contributed by atoms with Crippen LogP contribution in [0, 0.1) is 0 Å². The fourth-order valence-corrected chi connectivity index (χ4v) is 6.18. The van der Waals surface area contributed by atoms with E-state index in [9.17, 15) is 15.0 Å². The van der Waals surface area contributed by atoms with Crippen LogP contribution in [-0.4, -0.2) is 41.1 Å². The second-order valence-corrected chi connectivity index (χ2v) is 12.0. The van der Waals surface area contributed by atoms with Gasteiger partial charge in [-0.05, 0) is 60.7 Å². The van der Waals surface area contributed by atoms with Crippen LogP contribution >= 0.6 is 27.5 Å². The zero-order chi connectivity index (χ0) is 30.3. The molecule has 0 aliphatic carbocycles. The number of halogens is 2. The van der Waals surface area contributed by atoms with Gasteiger partial charge >= 0.3 is 16.5 Å². The Hall–Kier alpha value is -3.29. The normalized spacial score (nSPS) is 17.1. The molecule has 0 amide bonds. The number of hydrogen-bond acceptors (Lipinski definition) is 6. The van der Waals surface area contributed by atoms with Crippen molar-refractivity contribution < 1.29 is 31.5 Å². The molecule has 4 aromatic rings. The SMILES string of the molecule is CC(c1cc(Br)ccc1Cl)[C@H](N=C(c1ccccc1)c1ccccc1N=C([O-])[C@@H]1CCCN1Cc1ccccc1)C(=O)[O-].[Ni+2]. The number of likely N-dealkylation sites (tertiary alicyclic amines) is 1. The second-order valence-electron chi connectivity index (χ2n) is 10.6. The molecule has 6 nitrogen and oxygen atoms in total. The van der Waals surface area contributed by atoms with Crippen molar-refractivity contribution in [1.82, 2.24) is 4.90 Å². The van der Waals surface area contributed by atoms with E-state index >= 15 is 0 Å². The molecule has 44 heavy (non-hydrogen) atoms. The van der Waals surface area contributed by atoms with E-state index in [-0.39, 0.29) is 28.4 Å². The fraction of sp³-hybridized carbons (Fsp3) is 0.229. The summed E-state index contributed by atoms with van der Waals surface area (Å²) >= 11 is 9.93. The van der Waals surface area contributed by atoms with E-state index in [0.29, 0.717) is 39.7 Å². The Balaban J connectivity index is 0.00000442. The minimum absolute atomic E-state index is 0. The number of carboxylic acids is 1. The molecule has 0 aromatic heterocycles. The molecule has 4 aromatic carbocycles. The Labute approximate surface area is 281 Å². The number of carbonyl (C=O) groups excluding carboxylic acids is 1. The molecule has 3 atom stereocenters. The predicted octanol–water partition coefficient (Wildman–Crippen LogP) is 5.91. The average molecular weight is 716 g/mol. The van der Waals surface area contributed by atoms with Crippen molar-refractivity contribution in [2.75, 3.05) is 6.54 Å². The Morgan fingerprint density at radius 1 is 0.977 bits per heavy atom. The maximum Gasteiger partial charge on any atom is 2.00 e. The molecule has 0 N–H and O–H groups in total. The van der Waals surface area contributed by atoms with Crippen LogP contribution in [0.4, 0.5) is 5.69 Å². The number of rotatable bonds is 10. The third kappa shape index (κ3) is 8.05. The first-order valence-electron chi connectivity index (χ1n) is 14.2. The van der Waals surface area contributed by atoms with Crippen LogP contribution in [0.3, 0.4) is 0 Å². The third-order valence-electron chi connectivity index (χ3n) is 7.75. The van der Waals surface area contributed by atoms with E-state index in [1.807, 2.05) is 66.7 Å². The Morgan fingerprint density at radius 2 is 1.64 bits per heavy atom. The monoisotopic (exact) mass is 713 g/mol. The molecule has 1 saturated heterocycles. The van der Waals surface area contributed by atoms with Crippen LogP contribution in [0.5, 0.6) is 0 Å². The van der Waals surface area contributed by atoms with Gasteiger partial charge in [-0.3, -0.25) is 14.9 Å². The quantitative estimate of drug-likeness (QED) is 0.116. The van der Waals surface area contributed by atoms with Crippen molar-refractivity contribution in [3.8, 4) is 0 Å². The van der Waals surface area contributed by atoms with Gasteiger partial charge in [-0.15, -0.1) is 0 Å². The summed E-state index contributed by atoms with van der Waals surface area (Å²) < 4.78 is 0.777. The van der Waals surface area contributed by atoms with E-state index in [1.54, 1.807) is 31.2 Å². The molecule has 0 spiro atoms. The molecule has 0 bridgehead atoms. The minimum Gasteiger partial charge on any atom is -0.861 e. The first kappa shape index (κ1) is 33.6. The maximum absolute atomic E-state index is 13.6. The summed E-state index contributed by atoms with van der Waals surface area (Å²) in [4.78, 5) is 24.2. The summed E-state index contributed by atoms with van der Waals surface area (Å²) in [6, 6.07) is 30.4. The van der Waals surface area contributed by atoms with Gasteiger partial charge in [0.1, 0.15) is 0 Å². The predicted molar refractivity (Wildman–Crippen MR) is 172 cm³/mol. The summed E-state index contributed by atoms with van der Waals surface area (Å²) in [6.45, 7) is 3.26. The zero-order valence-electron chi connectivity index (χ0n) is 24.0. The number of para-hydroxylation sites is 1. The number of aliphatic carboxylic acids is 1. The molecule has 1 unspecified atom stereocenters. The minimum atomic E-state index is -1.33. The van der Waals surface area contributed by atoms with Gasteiger partial charge < -0.3 is 15.0 Å². The molecule has 1 fully saturated rings. The van der Waals surface area contributed by atoms with E-state index in [2.05, 4.69) is 38.0 Å². The largest absolute Gasteiger partial charge is 2.00 e. The van der Waals surface area contributed by atoms with Crippen LogP contribution in [0.2, 0.25) is 5.02 Å². The average Bonchev–Trinajstić information content (AvgIpc) is 3.48. The van der Waals surface area contributed by atoms with Crippen LogP contribution in [-0.2, 0) is 27.8 Å². The van der Waals surface area contributed by atoms with E-state index in [4.69, 9.17) is 16.6 Å². The molecule has 228 valence electrons.